The molecule has 0 unspecified atom stereocenters. The third-order valence-electron chi connectivity index (χ3n) is 4.27. The van der Waals surface area contributed by atoms with Crippen molar-refractivity contribution in [3.63, 3.8) is 0 Å². The molecule has 3 aromatic rings. The van der Waals surface area contributed by atoms with Crippen molar-refractivity contribution in [2.24, 2.45) is 0 Å². The highest BCUT2D eigenvalue weighted by atomic mass is 16.5. The minimum absolute atomic E-state index is 0.391. The Labute approximate surface area is 170 Å². The van der Waals surface area contributed by atoms with E-state index in [1.54, 1.807) is 18.2 Å². The first-order valence-electron chi connectivity index (χ1n) is 9.22. The summed E-state index contributed by atoms with van der Waals surface area (Å²) >= 11 is 0. The van der Waals surface area contributed by atoms with Crippen LogP contribution in [-0.2, 0) is 11.4 Å². The summed E-state index contributed by atoms with van der Waals surface area (Å²) in [5, 5.41) is 0. The largest absolute Gasteiger partial charge is 0.489 e. The molecule has 0 spiro atoms. The molecule has 29 heavy (non-hydrogen) atoms. The molecule has 0 aliphatic heterocycles. The smallest absolute Gasteiger partial charge is 0.269 e. The van der Waals surface area contributed by atoms with Crippen LogP contribution < -0.4 is 15.6 Å². The Morgan fingerprint density at radius 1 is 0.862 bits per heavy atom. The predicted molar refractivity (Wildman–Crippen MR) is 113 cm³/mol. The van der Waals surface area contributed by atoms with Crippen LogP contribution in [0.4, 0.5) is 0 Å². The molecular formula is C24H22N2O3. The quantitative estimate of drug-likeness (QED) is 0.496. The van der Waals surface area contributed by atoms with Crippen molar-refractivity contribution in [2.45, 2.75) is 13.5 Å². The van der Waals surface area contributed by atoms with E-state index in [0.29, 0.717) is 12.2 Å². The van der Waals surface area contributed by atoms with Gasteiger partial charge in [0.1, 0.15) is 12.4 Å². The Hall–Kier alpha value is -3.86. The van der Waals surface area contributed by atoms with E-state index in [4.69, 9.17) is 4.74 Å². The van der Waals surface area contributed by atoms with E-state index in [9.17, 15) is 9.59 Å². The zero-order chi connectivity index (χ0) is 20.5. The van der Waals surface area contributed by atoms with Crippen LogP contribution in [0.3, 0.4) is 0 Å². The number of carbonyl (C=O) groups is 2. The summed E-state index contributed by atoms with van der Waals surface area (Å²) in [7, 11) is 0. The van der Waals surface area contributed by atoms with Gasteiger partial charge in [0.15, 0.2) is 0 Å². The molecule has 3 aromatic carbocycles. The third-order valence-corrected chi connectivity index (χ3v) is 4.27. The maximum atomic E-state index is 12.2. The van der Waals surface area contributed by atoms with Gasteiger partial charge < -0.3 is 4.74 Å². The number of nitrogens with one attached hydrogen (secondary N) is 2. The monoisotopic (exact) mass is 386 g/mol. The van der Waals surface area contributed by atoms with Crippen LogP contribution >= 0.6 is 0 Å². The Morgan fingerprint density at radius 2 is 1.55 bits per heavy atom. The lowest BCUT2D eigenvalue weighted by atomic mass is 10.1. The zero-order valence-electron chi connectivity index (χ0n) is 16.1. The summed E-state index contributed by atoms with van der Waals surface area (Å²) in [5.74, 6) is -0.0107. The van der Waals surface area contributed by atoms with Crippen LogP contribution in [0.2, 0.25) is 0 Å². The summed E-state index contributed by atoms with van der Waals surface area (Å²) in [5.41, 5.74) is 8.18. The van der Waals surface area contributed by atoms with Gasteiger partial charge in [-0.15, -0.1) is 0 Å². The molecule has 0 aliphatic carbocycles. The Morgan fingerprint density at radius 3 is 2.28 bits per heavy atom. The van der Waals surface area contributed by atoms with Crippen molar-refractivity contribution in [1.29, 1.82) is 0 Å². The van der Waals surface area contributed by atoms with Crippen LogP contribution in [-0.4, -0.2) is 11.8 Å². The normalized spacial score (nSPS) is 10.5. The molecule has 3 rings (SSSR count). The third kappa shape index (κ3) is 6.07. The lowest BCUT2D eigenvalue weighted by Crippen LogP contribution is -2.40. The number of para-hydroxylation sites is 1. The van der Waals surface area contributed by atoms with E-state index < -0.39 is 11.8 Å². The molecule has 2 amide bonds. The fraction of sp³-hybridized carbons (Fsp3) is 0.0833. The van der Waals surface area contributed by atoms with Gasteiger partial charge in [-0.05, 0) is 54.0 Å². The summed E-state index contributed by atoms with van der Waals surface area (Å²) < 4.78 is 5.68. The Balaban J connectivity index is 1.47. The van der Waals surface area contributed by atoms with Crippen LogP contribution in [0.25, 0.3) is 6.08 Å². The number of aryl methyl sites for hydroxylation is 1. The van der Waals surface area contributed by atoms with Gasteiger partial charge in [-0.25, -0.2) is 0 Å². The first-order valence-corrected chi connectivity index (χ1v) is 9.22. The van der Waals surface area contributed by atoms with Crippen molar-refractivity contribution < 1.29 is 14.3 Å². The second-order valence-corrected chi connectivity index (χ2v) is 6.43. The number of hydrogen-bond donors (Lipinski definition) is 2. The molecule has 0 aromatic heterocycles. The van der Waals surface area contributed by atoms with Crippen molar-refractivity contribution in [3.8, 4) is 5.75 Å². The van der Waals surface area contributed by atoms with E-state index in [0.717, 1.165) is 22.4 Å². The van der Waals surface area contributed by atoms with E-state index in [1.165, 1.54) is 6.08 Å². The molecule has 146 valence electrons. The van der Waals surface area contributed by atoms with Crippen LogP contribution in [0.1, 0.15) is 27.0 Å². The van der Waals surface area contributed by atoms with E-state index in [2.05, 4.69) is 10.9 Å². The van der Waals surface area contributed by atoms with Gasteiger partial charge in [0, 0.05) is 11.6 Å². The van der Waals surface area contributed by atoms with Crippen LogP contribution in [0.5, 0.6) is 5.75 Å². The van der Waals surface area contributed by atoms with Gasteiger partial charge in [0.25, 0.3) is 11.8 Å². The molecule has 5 nitrogen and oxygen atoms in total. The number of amides is 2. The standard InChI is InChI=1S/C24H22N2O3/c1-18-7-5-6-8-20(18)15-16-23(27)25-26-24(28)21-13-11-19(12-14-21)17-29-22-9-3-2-4-10-22/h2-16H,17H2,1H3,(H,25,27)(H,26,28)/b16-15+. The summed E-state index contributed by atoms with van der Waals surface area (Å²) in [4.78, 5) is 24.1. The van der Waals surface area contributed by atoms with Crippen LogP contribution in [0.15, 0.2) is 84.9 Å². The molecule has 0 heterocycles. The fourth-order valence-electron chi connectivity index (χ4n) is 2.61. The molecule has 0 saturated carbocycles. The zero-order valence-corrected chi connectivity index (χ0v) is 16.1. The topological polar surface area (TPSA) is 67.4 Å². The first-order chi connectivity index (χ1) is 14.1. The molecule has 0 aliphatic rings. The molecule has 0 atom stereocenters. The van der Waals surface area contributed by atoms with Gasteiger partial charge in [0.05, 0.1) is 0 Å². The summed E-state index contributed by atoms with van der Waals surface area (Å²) in [6.07, 6.45) is 3.09. The second kappa shape index (κ2) is 9.90. The van der Waals surface area contributed by atoms with Crippen molar-refractivity contribution in [1.82, 2.24) is 10.9 Å². The lowest BCUT2D eigenvalue weighted by Gasteiger charge is -2.08. The minimum Gasteiger partial charge on any atom is -0.489 e. The molecule has 0 bridgehead atoms. The SMILES string of the molecule is Cc1ccccc1/C=C/C(=O)NNC(=O)c1ccc(COc2ccccc2)cc1. The lowest BCUT2D eigenvalue weighted by molar-refractivity contribution is -0.117. The van der Waals surface area contributed by atoms with Crippen molar-refractivity contribution in [2.75, 3.05) is 0 Å². The highest BCUT2D eigenvalue weighted by molar-refractivity contribution is 5.98. The van der Waals surface area contributed by atoms with E-state index in [-0.39, 0.29) is 0 Å². The van der Waals surface area contributed by atoms with Crippen molar-refractivity contribution >= 4 is 17.9 Å². The second-order valence-electron chi connectivity index (χ2n) is 6.43. The van der Waals surface area contributed by atoms with Gasteiger partial charge in [-0.1, -0.05) is 54.6 Å². The van der Waals surface area contributed by atoms with Crippen LogP contribution in [0, 0.1) is 6.92 Å². The first kappa shape index (κ1) is 19.9. The number of rotatable bonds is 6. The van der Waals surface area contributed by atoms with Gasteiger partial charge in [0.2, 0.25) is 0 Å². The highest BCUT2D eigenvalue weighted by Crippen LogP contribution is 2.12. The maximum Gasteiger partial charge on any atom is 0.269 e. The molecule has 0 fully saturated rings. The molecule has 5 heteroatoms. The van der Waals surface area contributed by atoms with Gasteiger partial charge in [-0.2, -0.15) is 0 Å². The molecule has 0 radical (unpaired) electrons. The number of ether oxygens (including phenoxy) is 1. The number of hydrazine groups is 1. The van der Waals surface area contributed by atoms with E-state index in [1.807, 2.05) is 73.7 Å². The highest BCUT2D eigenvalue weighted by Gasteiger charge is 2.06. The van der Waals surface area contributed by atoms with Crippen molar-refractivity contribution in [3.05, 3.63) is 107 Å². The molecular weight excluding hydrogens is 364 g/mol. The van der Waals surface area contributed by atoms with Gasteiger partial charge >= 0.3 is 0 Å². The molecule has 2 N–H and O–H groups in total. The number of hydrogen-bond acceptors (Lipinski definition) is 3. The predicted octanol–water partition coefficient (Wildman–Crippen LogP) is 4.05. The number of benzene rings is 3. The Bertz CT molecular complexity index is 996. The number of carbonyl (C=O) groups excluding carboxylic acids is 2. The van der Waals surface area contributed by atoms with E-state index >= 15 is 0 Å². The average Bonchev–Trinajstić information content (AvgIpc) is 2.76. The minimum atomic E-state index is -0.408. The Kier molecular flexibility index (Phi) is 6.79. The maximum absolute atomic E-state index is 12.2. The average molecular weight is 386 g/mol. The summed E-state index contributed by atoms with van der Waals surface area (Å²) in [6, 6.07) is 24.3. The summed E-state index contributed by atoms with van der Waals surface area (Å²) in [6.45, 7) is 2.38. The molecule has 0 saturated heterocycles. The van der Waals surface area contributed by atoms with Gasteiger partial charge in [-0.3, -0.25) is 20.4 Å². The fourth-order valence-corrected chi connectivity index (χ4v) is 2.61.